The first-order valence-electron chi connectivity index (χ1n) is 3.45. The summed E-state index contributed by atoms with van der Waals surface area (Å²) in [5.41, 5.74) is 3.98. The minimum absolute atomic E-state index is 0.258. The topological polar surface area (TPSA) is 38.9 Å². The van der Waals surface area contributed by atoms with E-state index in [2.05, 4.69) is 20.9 Å². The Labute approximate surface area is 85.3 Å². The normalized spacial score (nSPS) is 14.1. The van der Waals surface area contributed by atoms with Crippen LogP contribution in [-0.4, -0.2) is 11.2 Å². The first kappa shape index (κ1) is 11.4. The lowest BCUT2D eigenvalue weighted by Gasteiger charge is -2.15. The molecule has 0 spiro atoms. The van der Waals surface area contributed by atoms with Gasteiger partial charge in [0.2, 0.25) is 0 Å². The predicted molar refractivity (Wildman–Crippen MR) is 44.9 cm³/mol. The Kier molecular flexibility index (Phi) is 3.10. The number of alkyl halides is 3. The van der Waals surface area contributed by atoms with Gasteiger partial charge >= 0.3 is 6.18 Å². The summed E-state index contributed by atoms with van der Waals surface area (Å²) >= 11 is 2.87. The van der Waals surface area contributed by atoms with Gasteiger partial charge in [0.1, 0.15) is 17.6 Å². The van der Waals surface area contributed by atoms with E-state index in [-0.39, 0.29) is 4.47 Å². The lowest BCUT2D eigenvalue weighted by Crippen LogP contribution is -2.30. The fourth-order valence-electron chi connectivity index (χ4n) is 0.809. The van der Waals surface area contributed by atoms with Crippen LogP contribution in [0.3, 0.4) is 0 Å². The predicted octanol–water partition coefficient (Wildman–Crippen LogP) is 2.55. The minimum Gasteiger partial charge on any atom is -0.315 e. The standard InChI is InChI=1S/C7H5BrF4N2/c8-3-1-4(9)5(14-2-3)6(13)7(10,11)12/h1-2,6H,13H2/t6-/m0/s1. The monoisotopic (exact) mass is 272 g/mol. The van der Waals surface area contributed by atoms with E-state index in [1.807, 2.05) is 0 Å². The van der Waals surface area contributed by atoms with Gasteiger partial charge in [-0.25, -0.2) is 4.39 Å². The highest BCUT2D eigenvalue weighted by Crippen LogP contribution is 2.31. The van der Waals surface area contributed by atoms with E-state index in [0.29, 0.717) is 0 Å². The van der Waals surface area contributed by atoms with Gasteiger partial charge in [0.25, 0.3) is 0 Å². The zero-order chi connectivity index (χ0) is 10.9. The van der Waals surface area contributed by atoms with Crippen LogP contribution < -0.4 is 5.73 Å². The maximum atomic E-state index is 13.0. The van der Waals surface area contributed by atoms with Crippen molar-refractivity contribution in [3.63, 3.8) is 0 Å². The van der Waals surface area contributed by atoms with Gasteiger partial charge in [-0.2, -0.15) is 13.2 Å². The minimum atomic E-state index is -4.69. The number of hydrogen-bond acceptors (Lipinski definition) is 2. The van der Waals surface area contributed by atoms with Gasteiger partial charge in [-0.05, 0) is 22.0 Å². The molecule has 0 saturated carbocycles. The van der Waals surface area contributed by atoms with Crippen molar-refractivity contribution in [1.82, 2.24) is 4.98 Å². The molecule has 0 aromatic carbocycles. The van der Waals surface area contributed by atoms with E-state index in [1.165, 1.54) is 0 Å². The lowest BCUT2D eigenvalue weighted by molar-refractivity contribution is -0.150. The molecule has 2 nitrogen and oxygen atoms in total. The molecule has 1 rings (SSSR count). The number of hydrogen-bond donors (Lipinski definition) is 1. The highest BCUT2D eigenvalue weighted by molar-refractivity contribution is 9.10. The highest BCUT2D eigenvalue weighted by atomic mass is 79.9. The van der Waals surface area contributed by atoms with Crippen molar-refractivity contribution in [1.29, 1.82) is 0 Å². The van der Waals surface area contributed by atoms with Crippen molar-refractivity contribution in [3.05, 3.63) is 28.2 Å². The molecule has 0 radical (unpaired) electrons. The number of nitrogens with two attached hydrogens (primary N) is 1. The Hall–Kier alpha value is -0.690. The van der Waals surface area contributed by atoms with Gasteiger partial charge in [-0.3, -0.25) is 4.98 Å². The van der Waals surface area contributed by atoms with E-state index in [9.17, 15) is 17.6 Å². The van der Waals surface area contributed by atoms with E-state index >= 15 is 0 Å². The van der Waals surface area contributed by atoms with Crippen LogP contribution in [0.15, 0.2) is 16.7 Å². The zero-order valence-electron chi connectivity index (χ0n) is 6.65. The van der Waals surface area contributed by atoms with Crippen LogP contribution in [0.2, 0.25) is 0 Å². The summed E-state index contributed by atoms with van der Waals surface area (Å²) in [4.78, 5) is 3.28. The fraction of sp³-hybridized carbons (Fsp3) is 0.286. The number of nitrogens with zero attached hydrogens (tertiary/aromatic N) is 1. The number of aromatic nitrogens is 1. The molecule has 0 fully saturated rings. The molecule has 1 atom stereocenters. The van der Waals surface area contributed by atoms with Crippen LogP contribution in [0.5, 0.6) is 0 Å². The van der Waals surface area contributed by atoms with Gasteiger partial charge in [0.15, 0.2) is 0 Å². The third-order valence-corrected chi connectivity index (χ3v) is 1.92. The molecule has 2 N–H and O–H groups in total. The van der Waals surface area contributed by atoms with Crippen LogP contribution in [0, 0.1) is 5.82 Å². The lowest BCUT2D eigenvalue weighted by atomic mass is 10.2. The molecule has 0 aliphatic rings. The molecule has 0 aliphatic carbocycles. The Balaban J connectivity index is 3.08. The third-order valence-electron chi connectivity index (χ3n) is 1.48. The molecule has 14 heavy (non-hydrogen) atoms. The second kappa shape index (κ2) is 3.82. The Bertz CT molecular complexity index is 339. The highest BCUT2D eigenvalue weighted by Gasteiger charge is 2.40. The number of halogens is 5. The van der Waals surface area contributed by atoms with Crippen molar-refractivity contribution >= 4 is 15.9 Å². The molecule has 0 saturated heterocycles. The second-order valence-corrected chi connectivity index (χ2v) is 3.46. The van der Waals surface area contributed by atoms with Crippen LogP contribution in [0.4, 0.5) is 17.6 Å². The van der Waals surface area contributed by atoms with Crippen LogP contribution in [-0.2, 0) is 0 Å². The zero-order valence-corrected chi connectivity index (χ0v) is 8.23. The van der Waals surface area contributed by atoms with E-state index in [4.69, 9.17) is 5.73 Å². The summed E-state index contributed by atoms with van der Waals surface area (Å²) in [5.74, 6) is -1.08. The number of rotatable bonds is 1. The Morgan fingerprint density at radius 1 is 1.43 bits per heavy atom. The van der Waals surface area contributed by atoms with Gasteiger partial charge in [-0.1, -0.05) is 0 Å². The van der Waals surface area contributed by atoms with E-state index in [0.717, 1.165) is 12.3 Å². The smallest absolute Gasteiger partial charge is 0.315 e. The van der Waals surface area contributed by atoms with Crippen molar-refractivity contribution in [2.45, 2.75) is 12.2 Å². The van der Waals surface area contributed by atoms with Crippen LogP contribution in [0.1, 0.15) is 11.7 Å². The third kappa shape index (κ3) is 2.42. The Morgan fingerprint density at radius 2 is 2.00 bits per heavy atom. The van der Waals surface area contributed by atoms with Crippen molar-refractivity contribution in [2.24, 2.45) is 5.73 Å². The maximum absolute atomic E-state index is 13.0. The first-order chi connectivity index (χ1) is 6.32. The summed E-state index contributed by atoms with van der Waals surface area (Å²) in [6.07, 6.45) is -3.63. The molecule has 1 aromatic rings. The van der Waals surface area contributed by atoms with Crippen molar-refractivity contribution in [3.8, 4) is 0 Å². The molecule has 0 unspecified atom stereocenters. The largest absolute Gasteiger partial charge is 0.409 e. The summed E-state index contributed by atoms with van der Waals surface area (Å²) in [6.45, 7) is 0. The maximum Gasteiger partial charge on any atom is 0.409 e. The van der Waals surface area contributed by atoms with Crippen LogP contribution in [0.25, 0.3) is 0 Å². The molecular weight excluding hydrogens is 268 g/mol. The van der Waals surface area contributed by atoms with E-state index in [1.54, 1.807) is 0 Å². The summed E-state index contributed by atoms with van der Waals surface area (Å²) in [7, 11) is 0. The first-order valence-corrected chi connectivity index (χ1v) is 4.25. The molecular formula is C7H5BrF4N2. The SMILES string of the molecule is N[C@@H](c1ncc(Br)cc1F)C(F)(F)F. The Morgan fingerprint density at radius 3 is 2.43 bits per heavy atom. The van der Waals surface area contributed by atoms with Gasteiger partial charge in [0, 0.05) is 10.7 Å². The average molecular weight is 273 g/mol. The molecule has 0 bridgehead atoms. The molecule has 0 amide bonds. The number of pyridine rings is 1. The molecule has 1 heterocycles. The summed E-state index contributed by atoms with van der Waals surface area (Å²) < 4.78 is 49.4. The fourth-order valence-corrected chi connectivity index (χ4v) is 1.11. The van der Waals surface area contributed by atoms with Gasteiger partial charge < -0.3 is 5.73 Å². The summed E-state index contributed by atoms with van der Waals surface area (Å²) in [5, 5.41) is 0. The van der Waals surface area contributed by atoms with Crippen LogP contribution >= 0.6 is 15.9 Å². The van der Waals surface area contributed by atoms with Gasteiger partial charge in [0.05, 0.1) is 0 Å². The quantitative estimate of drug-likeness (QED) is 0.798. The second-order valence-electron chi connectivity index (χ2n) is 2.54. The van der Waals surface area contributed by atoms with Crippen molar-refractivity contribution < 1.29 is 17.6 Å². The van der Waals surface area contributed by atoms with Gasteiger partial charge in [-0.15, -0.1) is 0 Å². The molecule has 7 heteroatoms. The molecule has 78 valence electrons. The average Bonchev–Trinajstić information content (AvgIpc) is 2.01. The summed E-state index contributed by atoms with van der Waals surface area (Å²) in [6, 6.07) is -1.51. The van der Waals surface area contributed by atoms with E-state index < -0.39 is 23.7 Å². The molecule has 1 aromatic heterocycles. The molecule has 0 aliphatic heterocycles. The van der Waals surface area contributed by atoms with Crippen molar-refractivity contribution in [2.75, 3.05) is 0 Å².